The van der Waals surface area contributed by atoms with Gasteiger partial charge in [-0.15, -0.1) is 11.3 Å². The Labute approximate surface area is 166 Å². The van der Waals surface area contributed by atoms with Gasteiger partial charge >= 0.3 is 0 Å². The number of benzene rings is 1. The van der Waals surface area contributed by atoms with E-state index in [9.17, 15) is 13.2 Å². The van der Waals surface area contributed by atoms with E-state index in [-0.39, 0.29) is 10.8 Å². The van der Waals surface area contributed by atoms with Crippen molar-refractivity contribution in [2.24, 2.45) is 0 Å². The SMILES string of the molecule is Cc1c(C(C)NC(=O)CN(C)S(=O)(=O)c2ccc(Cl)s2)oc2ccccc12. The van der Waals surface area contributed by atoms with Gasteiger partial charge in [-0.25, -0.2) is 8.42 Å². The maximum Gasteiger partial charge on any atom is 0.252 e. The lowest BCUT2D eigenvalue weighted by molar-refractivity contribution is -0.121. The second-order valence-corrected chi connectivity index (χ2v) is 10.2. The van der Waals surface area contributed by atoms with Crippen LogP contribution in [-0.2, 0) is 14.8 Å². The van der Waals surface area contributed by atoms with Crippen molar-refractivity contribution in [2.45, 2.75) is 24.1 Å². The van der Waals surface area contributed by atoms with Gasteiger partial charge in [0.1, 0.15) is 15.6 Å². The molecule has 9 heteroatoms. The maximum atomic E-state index is 12.5. The van der Waals surface area contributed by atoms with Crippen LogP contribution >= 0.6 is 22.9 Å². The van der Waals surface area contributed by atoms with Crippen LogP contribution in [0.3, 0.4) is 0 Å². The summed E-state index contributed by atoms with van der Waals surface area (Å²) in [5.74, 6) is 0.233. The first kappa shape index (κ1) is 19.9. The van der Waals surface area contributed by atoms with Gasteiger partial charge in [0.2, 0.25) is 5.91 Å². The Bertz CT molecular complexity index is 1090. The number of sulfonamides is 1. The summed E-state index contributed by atoms with van der Waals surface area (Å²) in [4.78, 5) is 12.4. The number of para-hydroxylation sites is 1. The quantitative estimate of drug-likeness (QED) is 0.647. The van der Waals surface area contributed by atoms with Gasteiger partial charge in [-0.1, -0.05) is 29.8 Å². The van der Waals surface area contributed by atoms with E-state index < -0.39 is 22.0 Å². The Hall–Kier alpha value is -1.87. The Kier molecular flexibility index (Phi) is 5.62. The molecule has 6 nitrogen and oxygen atoms in total. The summed E-state index contributed by atoms with van der Waals surface area (Å²) in [7, 11) is -2.40. The third kappa shape index (κ3) is 4.03. The number of furan rings is 1. The number of aryl methyl sites for hydroxylation is 1. The molecule has 0 spiro atoms. The van der Waals surface area contributed by atoms with Gasteiger partial charge in [0.25, 0.3) is 10.0 Å². The van der Waals surface area contributed by atoms with E-state index in [4.69, 9.17) is 16.0 Å². The zero-order valence-electron chi connectivity index (χ0n) is 15.0. The molecule has 1 unspecified atom stereocenters. The number of nitrogens with one attached hydrogen (secondary N) is 1. The van der Waals surface area contributed by atoms with E-state index in [1.807, 2.05) is 31.2 Å². The Morgan fingerprint density at radius 3 is 2.63 bits per heavy atom. The van der Waals surface area contributed by atoms with Crippen LogP contribution in [0.2, 0.25) is 4.34 Å². The smallest absolute Gasteiger partial charge is 0.252 e. The van der Waals surface area contributed by atoms with Gasteiger partial charge < -0.3 is 9.73 Å². The Morgan fingerprint density at radius 1 is 1.30 bits per heavy atom. The zero-order valence-corrected chi connectivity index (χ0v) is 17.4. The topological polar surface area (TPSA) is 79.6 Å². The number of likely N-dealkylation sites (N-methyl/N-ethyl adjacent to an activating group) is 1. The molecule has 1 amide bonds. The molecule has 0 saturated heterocycles. The predicted octanol–water partition coefficient (Wildman–Crippen LogP) is 3.95. The molecule has 0 aliphatic rings. The highest BCUT2D eigenvalue weighted by Gasteiger charge is 2.26. The summed E-state index contributed by atoms with van der Waals surface area (Å²) >= 11 is 6.76. The van der Waals surface area contributed by atoms with Crippen molar-refractivity contribution in [3.8, 4) is 0 Å². The number of amides is 1. The summed E-state index contributed by atoms with van der Waals surface area (Å²) in [6.45, 7) is 3.43. The van der Waals surface area contributed by atoms with E-state index in [1.165, 1.54) is 19.2 Å². The van der Waals surface area contributed by atoms with E-state index in [0.717, 1.165) is 32.2 Å². The molecular formula is C18H19ClN2O4S2. The van der Waals surface area contributed by atoms with Gasteiger partial charge in [-0.2, -0.15) is 4.31 Å². The van der Waals surface area contributed by atoms with Gasteiger partial charge in [0.15, 0.2) is 0 Å². The van der Waals surface area contributed by atoms with Crippen LogP contribution in [0.25, 0.3) is 11.0 Å². The van der Waals surface area contributed by atoms with Crippen LogP contribution < -0.4 is 5.32 Å². The van der Waals surface area contributed by atoms with Crippen LogP contribution in [0.5, 0.6) is 0 Å². The molecule has 0 fully saturated rings. The number of carbonyl (C=O) groups is 1. The number of nitrogens with zero attached hydrogens (tertiary/aromatic N) is 1. The zero-order chi connectivity index (χ0) is 19.8. The fourth-order valence-electron chi connectivity index (χ4n) is 2.84. The molecule has 1 aromatic carbocycles. The lowest BCUT2D eigenvalue weighted by atomic mass is 10.1. The van der Waals surface area contributed by atoms with Crippen LogP contribution in [0, 0.1) is 6.92 Å². The van der Waals surface area contributed by atoms with Crippen molar-refractivity contribution < 1.29 is 17.6 Å². The first-order chi connectivity index (χ1) is 12.7. The number of fused-ring (bicyclic) bond motifs is 1. The fraction of sp³-hybridized carbons (Fsp3) is 0.278. The van der Waals surface area contributed by atoms with Crippen molar-refractivity contribution in [1.29, 1.82) is 0 Å². The highest BCUT2D eigenvalue weighted by atomic mass is 35.5. The molecule has 0 aliphatic carbocycles. The lowest BCUT2D eigenvalue weighted by Gasteiger charge is -2.18. The summed E-state index contributed by atoms with van der Waals surface area (Å²) in [6, 6.07) is 10.2. The molecule has 0 radical (unpaired) electrons. The molecule has 144 valence electrons. The summed E-state index contributed by atoms with van der Waals surface area (Å²) in [5, 5.41) is 3.78. The molecule has 2 aromatic heterocycles. The van der Waals surface area contributed by atoms with Crippen LogP contribution in [0.4, 0.5) is 0 Å². The molecule has 0 saturated carbocycles. The number of hydrogen-bond donors (Lipinski definition) is 1. The van der Waals surface area contributed by atoms with Crippen molar-refractivity contribution in [2.75, 3.05) is 13.6 Å². The fourth-order valence-corrected chi connectivity index (χ4v) is 5.66. The van der Waals surface area contributed by atoms with Gasteiger partial charge in [0.05, 0.1) is 16.9 Å². The number of thiophene rings is 1. The van der Waals surface area contributed by atoms with Crippen LogP contribution in [0.1, 0.15) is 24.3 Å². The Balaban J connectivity index is 1.70. The predicted molar refractivity (Wildman–Crippen MR) is 107 cm³/mol. The number of hydrogen-bond acceptors (Lipinski definition) is 5. The Morgan fingerprint density at radius 2 is 2.00 bits per heavy atom. The summed E-state index contributed by atoms with van der Waals surface area (Å²) in [6.07, 6.45) is 0. The molecule has 0 bridgehead atoms. The molecule has 2 heterocycles. The molecule has 1 atom stereocenters. The van der Waals surface area contributed by atoms with Crippen molar-refractivity contribution in [3.05, 3.63) is 52.1 Å². The van der Waals surface area contributed by atoms with Crippen LogP contribution in [0.15, 0.2) is 45.0 Å². The minimum Gasteiger partial charge on any atom is -0.459 e. The minimum absolute atomic E-state index is 0.101. The largest absolute Gasteiger partial charge is 0.459 e. The molecule has 0 aliphatic heterocycles. The van der Waals surface area contributed by atoms with Crippen molar-refractivity contribution in [3.63, 3.8) is 0 Å². The minimum atomic E-state index is -3.76. The van der Waals surface area contributed by atoms with Gasteiger partial charge in [-0.05, 0) is 32.0 Å². The monoisotopic (exact) mass is 426 g/mol. The lowest BCUT2D eigenvalue weighted by Crippen LogP contribution is -2.39. The first-order valence-corrected chi connectivity index (χ1v) is 10.8. The van der Waals surface area contributed by atoms with Gasteiger partial charge in [-0.3, -0.25) is 4.79 Å². The van der Waals surface area contributed by atoms with Gasteiger partial charge in [0, 0.05) is 18.0 Å². The average molecular weight is 427 g/mol. The second kappa shape index (κ2) is 7.63. The van der Waals surface area contributed by atoms with Crippen molar-refractivity contribution in [1.82, 2.24) is 9.62 Å². The molecule has 1 N–H and O–H groups in total. The summed E-state index contributed by atoms with van der Waals surface area (Å²) < 4.78 is 32.3. The second-order valence-electron chi connectivity index (χ2n) is 6.20. The highest BCUT2D eigenvalue weighted by Crippen LogP contribution is 2.29. The van der Waals surface area contributed by atoms with E-state index in [2.05, 4.69) is 5.32 Å². The number of carbonyl (C=O) groups excluding carboxylic acids is 1. The molecular weight excluding hydrogens is 408 g/mol. The van der Waals surface area contributed by atoms with E-state index in [0.29, 0.717) is 10.1 Å². The molecule has 3 aromatic rings. The normalized spacial score (nSPS) is 13.2. The standard InChI is InChI=1S/C18H19ClN2O4S2/c1-11-13-6-4-5-7-14(13)25-18(11)12(2)20-16(22)10-21(3)27(23,24)17-9-8-15(19)26-17/h4-9,12H,10H2,1-3H3,(H,20,22). The highest BCUT2D eigenvalue weighted by molar-refractivity contribution is 7.91. The first-order valence-electron chi connectivity index (χ1n) is 8.19. The molecule has 27 heavy (non-hydrogen) atoms. The summed E-state index contributed by atoms with van der Waals surface area (Å²) in [5.41, 5.74) is 1.70. The van der Waals surface area contributed by atoms with E-state index >= 15 is 0 Å². The maximum absolute atomic E-state index is 12.5. The average Bonchev–Trinajstić information content (AvgIpc) is 3.19. The molecule has 3 rings (SSSR count). The third-order valence-electron chi connectivity index (χ3n) is 4.23. The number of rotatable bonds is 6. The third-order valence-corrected chi connectivity index (χ3v) is 7.73. The number of halogens is 1. The van der Waals surface area contributed by atoms with Crippen molar-refractivity contribution >= 4 is 49.8 Å². The van der Waals surface area contributed by atoms with E-state index in [1.54, 1.807) is 6.92 Å². The van der Waals surface area contributed by atoms with Crippen LogP contribution in [-0.4, -0.2) is 32.2 Å².